The number of hydrogen-bond donors (Lipinski definition) is 1. The van der Waals surface area contributed by atoms with Crippen molar-refractivity contribution in [1.82, 2.24) is 0 Å². The van der Waals surface area contributed by atoms with Gasteiger partial charge in [0.1, 0.15) is 0 Å². The molecule has 3 saturated carbocycles. The zero-order valence-corrected chi connectivity index (χ0v) is 13.4. The van der Waals surface area contributed by atoms with E-state index in [-0.39, 0.29) is 23.0 Å². The Morgan fingerprint density at radius 1 is 1.23 bits per heavy atom. The molecule has 0 spiro atoms. The SMILES string of the molecule is C[C@]12CC[C@H]3[C@@H](C[C@H]4OC[C@@]35CCC(=O)C=C45)[C@@H]1CC[C@H]2O. The highest BCUT2D eigenvalue weighted by Gasteiger charge is 2.64. The van der Waals surface area contributed by atoms with Gasteiger partial charge >= 0.3 is 0 Å². The lowest BCUT2D eigenvalue weighted by atomic mass is 9.47. The number of fused-ring (bicyclic) bond motifs is 3. The molecule has 2 bridgehead atoms. The molecule has 3 heteroatoms. The summed E-state index contributed by atoms with van der Waals surface area (Å²) in [6.45, 7) is 3.16. The van der Waals surface area contributed by atoms with E-state index in [0.29, 0.717) is 30.0 Å². The number of ether oxygens (including phenoxy) is 1. The third-order valence-electron chi connectivity index (χ3n) is 8.18. The minimum atomic E-state index is -0.112. The quantitative estimate of drug-likeness (QED) is 0.748. The van der Waals surface area contributed by atoms with Crippen LogP contribution in [0.25, 0.3) is 0 Å². The Bertz CT molecular complexity index is 567. The third kappa shape index (κ3) is 1.48. The molecular weight excluding hydrogens is 276 g/mol. The number of carbonyl (C=O) groups excluding carboxylic acids is 1. The van der Waals surface area contributed by atoms with Gasteiger partial charge in [-0.2, -0.15) is 0 Å². The van der Waals surface area contributed by atoms with Crippen molar-refractivity contribution in [2.45, 2.75) is 64.1 Å². The van der Waals surface area contributed by atoms with Gasteiger partial charge in [0.25, 0.3) is 0 Å². The summed E-state index contributed by atoms with van der Waals surface area (Å²) in [6.07, 6.45) is 9.31. The molecule has 1 heterocycles. The highest BCUT2D eigenvalue weighted by atomic mass is 16.5. The van der Waals surface area contributed by atoms with Crippen LogP contribution in [0.15, 0.2) is 11.6 Å². The molecule has 0 aromatic heterocycles. The van der Waals surface area contributed by atoms with Crippen molar-refractivity contribution in [2.75, 3.05) is 6.61 Å². The van der Waals surface area contributed by atoms with E-state index < -0.39 is 0 Å². The van der Waals surface area contributed by atoms with Gasteiger partial charge in [-0.15, -0.1) is 0 Å². The van der Waals surface area contributed by atoms with Crippen molar-refractivity contribution in [3.63, 3.8) is 0 Å². The topological polar surface area (TPSA) is 46.5 Å². The first-order valence-corrected chi connectivity index (χ1v) is 9.09. The van der Waals surface area contributed by atoms with Crippen molar-refractivity contribution >= 4 is 5.78 Å². The molecule has 22 heavy (non-hydrogen) atoms. The van der Waals surface area contributed by atoms with Gasteiger partial charge in [-0.1, -0.05) is 6.92 Å². The summed E-state index contributed by atoms with van der Waals surface area (Å²) in [6, 6.07) is 0. The second-order valence-corrected chi connectivity index (χ2v) is 8.77. The predicted molar refractivity (Wildman–Crippen MR) is 82.2 cm³/mol. The second kappa shape index (κ2) is 4.24. The van der Waals surface area contributed by atoms with Crippen LogP contribution in [0.3, 0.4) is 0 Å². The molecule has 7 atom stereocenters. The molecule has 1 N–H and O–H groups in total. The summed E-state index contributed by atoms with van der Waals surface area (Å²) in [5.41, 5.74) is 1.63. The second-order valence-electron chi connectivity index (χ2n) is 8.77. The Balaban J connectivity index is 1.57. The van der Waals surface area contributed by atoms with Crippen molar-refractivity contribution in [3.05, 3.63) is 11.6 Å². The molecule has 0 aromatic rings. The summed E-state index contributed by atoms with van der Waals surface area (Å²) in [5.74, 6) is 2.32. The van der Waals surface area contributed by atoms with Crippen molar-refractivity contribution in [1.29, 1.82) is 0 Å². The Morgan fingerprint density at radius 3 is 2.95 bits per heavy atom. The fourth-order valence-corrected chi connectivity index (χ4v) is 7.01. The van der Waals surface area contributed by atoms with E-state index in [2.05, 4.69) is 6.92 Å². The Labute approximate surface area is 132 Å². The minimum Gasteiger partial charge on any atom is -0.393 e. The van der Waals surface area contributed by atoms with Gasteiger partial charge in [0.2, 0.25) is 0 Å². The fraction of sp³-hybridized carbons (Fsp3) is 0.842. The van der Waals surface area contributed by atoms with E-state index in [4.69, 9.17) is 4.74 Å². The first kappa shape index (κ1) is 13.7. The van der Waals surface area contributed by atoms with Crippen molar-refractivity contribution < 1.29 is 14.6 Å². The number of ketones is 1. The standard InChI is InChI=1S/C19H26O3/c1-18-6-5-14-12(13(18)2-3-17(18)21)9-16-15-8-11(20)4-7-19(14,15)10-22-16/h8,12-14,16-17,21H,2-7,9-10H2,1H3/t12-,13-,14-,16+,17+,18-,19-/m0/s1. The highest BCUT2D eigenvalue weighted by Crippen LogP contribution is 2.67. The molecule has 5 aliphatic rings. The zero-order valence-electron chi connectivity index (χ0n) is 13.4. The molecule has 4 fully saturated rings. The van der Waals surface area contributed by atoms with E-state index in [0.717, 1.165) is 32.3 Å². The normalized spacial score (nSPS) is 56.2. The van der Waals surface area contributed by atoms with Gasteiger partial charge in [-0.25, -0.2) is 0 Å². The highest BCUT2D eigenvalue weighted by molar-refractivity contribution is 5.92. The first-order valence-electron chi connectivity index (χ1n) is 9.09. The van der Waals surface area contributed by atoms with E-state index in [9.17, 15) is 9.90 Å². The number of hydrogen-bond acceptors (Lipinski definition) is 3. The molecule has 1 aliphatic heterocycles. The molecule has 5 rings (SSSR count). The molecule has 120 valence electrons. The average Bonchev–Trinajstić information content (AvgIpc) is 2.94. The molecule has 0 amide bonds. The fourth-order valence-electron chi connectivity index (χ4n) is 7.01. The van der Waals surface area contributed by atoms with E-state index in [1.807, 2.05) is 6.08 Å². The maximum atomic E-state index is 11.9. The number of aliphatic hydroxyl groups is 1. The summed E-state index contributed by atoms with van der Waals surface area (Å²) in [5, 5.41) is 10.5. The van der Waals surface area contributed by atoms with Crippen molar-refractivity contribution in [3.8, 4) is 0 Å². The van der Waals surface area contributed by atoms with Crippen LogP contribution >= 0.6 is 0 Å². The van der Waals surface area contributed by atoms with Gasteiger partial charge < -0.3 is 9.84 Å². The van der Waals surface area contributed by atoms with Crippen LogP contribution in [0.2, 0.25) is 0 Å². The lowest BCUT2D eigenvalue weighted by molar-refractivity contribution is -0.117. The van der Waals surface area contributed by atoms with Crippen LogP contribution in [-0.4, -0.2) is 29.7 Å². The number of aliphatic hydroxyl groups excluding tert-OH is 1. The molecule has 4 aliphatic carbocycles. The van der Waals surface area contributed by atoms with Crippen LogP contribution in [0, 0.1) is 28.6 Å². The van der Waals surface area contributed by atoms with Gasteiger partial charge in [0.15, 0.2) is 5.78 Å². The van der Waals surface area contributed by atoms with Crippen LogP contribution < -0.4 is 0 Å². The summed E-state index contributed by atoms with van der Waals surface area (Å²) in [7, 11) is 0. The maximum Gasteiger partial charge on any atom is 0.155 e. The van der Waals surface area contributed by atoms with E-state index in [1.54, 1.807) is 0 Å². The lowest BCUT2D eigenvalue weighted by Crippen LogP contribution is -2.53. The molecular formula is C19H26O3. The monoisotopic (exact) mass is 302 g/mol. The van der Waals surface area contributed by atoms with Crippen LogP contribution in [-0.2, 0) is 9.53 Å². The number of carbonyl (C=O) groups is 1. The summed E-state index contributed by atoms with van der Waals surface area (Å²) in [4.78, 5) is 11.9. The lowest BCUT2D eigenvalue weighted by Gasteiger charge is -2.56. The minimum absolute atomic E-state index is 0.112. The average molecular weight is 302 g/mol. The Morgan fingerprint density at radius 2 is 2.09 bits per heavy atom. The molecule has 0 radical (unpaired) electrons. The molecule has 0 aromatic carbocycles. The van der Waals surface area contributed by atoms with Crippen molar-refractivity contribution in [2.24, 2.45) is 28.6 Å². The Hall–Kier alpha value is -0.670. The third-order valence-corrected chi connectivity index (χ3v) is 8.18. The van der Waals surface area contributed by atoms with Gasteiger partial charge in [-0.05, 0) is 73.3 Å². The zero-order chi connectivity index (χ0) is 15.1. The van der Waals surface area contributed by atoms with Crippen LogP contribution in [0.1, 0.15) is 51.9 Å². The van der Waals surface area contributed by atoms with Gasteiger partial charge in [-0.3, -0.25) is 4.79 Å². The largest absolute Gasteiger partial charge is 0.393 e. The summed E-state index contributed by atoms with van der Waals surface area (Å²) < 4.78 is 6.18. The summed E-state index contributed by atoms with van der Waals surface area (Å²) >= 11 is 0. The van der Waals surface area contributed by atoms with E-state index >= 15 is 0 Å². The van der Waals surface area contributed by atoms with Crippen LogP contribution in [0.4, 0.5) is 0 Å². The number of rotatable bonds is 0. The van der Waals surface area contributed by atoms with Gasteiger partial charge in [0.05, 0.1) is 18.8 Å². The molecule has 1 saturated heterocycles. The molecule has 3 nitrogen and oxygen atoms in total. The van der Waals surface area contributed by atoms with Gasteiger partial charge in [0, 0.05) is 11.8 Å². The smallest absolute Gasteiger partial charge is 0.155 e. The predicted octanol–water partition coefficient (Wildman–Crippen LogP) is 2.87. The Kier molecular flexibility index (Phi) is 2.65. The van der Waals surface area contributed by atoms with Crippen LogP contribution in [0.5, 0.6) is 0 Å². The molecule has 0 unspecified atom stereocenters. The maximum absolute atomic E-state index is 11.9. The van der Waals surface area contributed by atoms with E-state index in [1.165, 1.54) is 18.4 Å². The first-order chi connectivity index (χ1) is 10.5.